The van der Waals surface area contributed by atoms with Crippen molar-refractivity contribution < 1.29 is 9.59 Å². The van der Waals surface area contributed by atoms with Crippen LogP contribution in [0.3, 0.4) is 0 Å². The van der Waals surface area contributed by atoms with Gasteiger partial charge in [0.05, 0.1) is 0 Å². The Balaban J connectivity index is 1.49. The number of hydrogen-bond acceptors (Lipinski definition) is 2. The summed E-state index contributed by atoms with van der Waals surface area (Å²) in [6.07, 6.45) is 5.64. The van der Waals surface area contributed by atoms with Gasteiger partial charge in [0, 0.05) is 37.8 Å². The fourth-order valence-corrected chi connectivity index (χ4v) is 3.89. The maximum Gasteiger partial charge on any atom is 0.317 e. The Hall–Kier alpha value is -2.04. The van der Waals surface area contributed by atoms with E-state index in [9.17, 15) is 9.59 Å². The van der Waals surface area contributed by atoms with Crippen molar-refractivity contribution in [1.82, 2.24) is 15.1 Å². The topological polar surface area (TPSA) is 52.7 Å². The Kier molecular flexibility index (Phi) is 6.17. The van der Waals surface area contributed by atoms with Gasteiger partial charge in [0.15, 0.2) is 0 Å². The van der Waals surface area contributed by atoms with E-state index in [-0.39, 0.29) is 11.9 Å². The maximum atomic E-state index is 12.7. The second-order valence-electron chi connectivity index (χ2n) is 8.01. The van der Waals surface area contributed by atoms with Crippen molar-refractivity contribution in [3.8, 4) is 0 Å². The molecule has 3 amide bonds. The van der Waals surface area contributed by atoms with E-state index in [0.717, 1.165) is 24.8 Å². The lowest BCUT2D eigenvalue weighted by Gasteiger charge is -2.35. The first-order valence-corrected chi connectivity index (χ1v) is 9.96. The molecule has 142 valence electrons. The lowest BCUT2D eigenvalue weighted by Crippen LogP contribution is -2.54. The molecule has 1 aromatic rings. The van der Waals surface area contributed by atoms with Gasteiger partial charge in [0.2, 0.25) is 0 Å². The Morgan fingerprint density at radius 3 is 2.15 bits per heavy atom. The molecule has 26 heavy (non-hydrogen) atoms. The zero-order valence-electron chi connectivity index (χ0n) is 16.0. The quantitative estimate of drug-likeness (QED) is 0.899. The van der Waals surface area contributed by atoms with Gasteiger partial charge < -0.3 is 15.1 Å². The molecule has 0 aromatic heterocycles. The first-order valence-electron chi connectivity index (χ1n) is 9.96. The van der Waals surface area contributed by atoms with Crippen LogP contribution >= 0.6 is 0 Å². The zero-order valence-corrected chi connectivity index (χ0v) is 16.0. The summed E-state index contributed by atoms with van der Waals surface area (Å²) >= 11 is 0. The highest BCUT2D eigenvalue weighted by Gasteiger charge is 2.26. The number of carbonyl (C=O) groups excluding carboxylic acids is 2. The zero-order chi connectivity index (χ0) is 18.5. The number of nitrogens with one attached hydrogen (secondary N) is 1. The smallest absolute Gasteiger partial charge is 0.317 e. The van der Waals surface area contributed by atoms with Gasteiger partial charge in [-0.25, -0.2) is 4.79 Å². The number of nitrogens with zero attached hydrogens (tertiary/aromatic N) is 2. The van der Waals surface area contributed by atoms with Gasteiger partial charge in [0.25, 0.3) is 5.91 Å². The van der Waals surface area contributed by atoms with Crippen LogP contribution in [0.5, 0.6) is 0 Å². The van der Waals surface area contributed by atoms with Crippen LogP contribution < -0.4 is 5.32 Å². The van der Waals surface area contributed by atoms with Crippen LogP contribution in [0.4, 0.5) is 4.79 Å². The molecule has 1 aromatic carbocycles. The average Bonchev–Trinajstić information content (AvgIpc) is 3.14. The molecule has 1 saturated heterocycles. The summed E-state index contributed by atoms with van der Waals surface area (Å²) in [6, 6.07) is 8.34. The molecular formula is C21H31N3O2. The van der Waals surface area contributed by atoms with E-state index in [0.29, 0.717) is 38.1 Å². The van der Waals surface area contributed by atoms with Crippen LogP contribution in [0.2, 0.25) is 0 Å². The van der Waals surface area contributed by atoms with E-state index in [4.69, 9.17) is 0 Å². The van der Waals surface area contributed by atoms with Gasteiger partial charge in [-0.1, -0.05) is 38.8 Å². The minimum atomic E-state index is 0.0297. The normalized spacial score (nSPS) is 18.4. The van der Waals surface area contributed by atoms with E-state index >= 15 is 0 Å². The van der Waals surface area contributed by atoms with Crippen molar-refractivity contribution in [1.29, 1.82) is 0 Å². The Morgan fingerprint density at radius 2 is 1.58 bits per heavy atom. The van der Waals surface area contributed by atoms with Crippen molar-refractivity contribution in [3.63, 3.8) is 0 Å². The monoisotopic (exact) mass is 357 g/mol. The van der Waals surface area contributed by atoms with E-state index in [1.165, 1.54) is 18.4 Å². The van der Waals surface area contributed by atoms with Crippen LogP contribution in [0, 0.1) is 5.92 Å². The molecule has 0 unspecified atom stereocenters. The third-order valence-electron chi connectivity index (χ3n) is 5.38. The molecule has 0 bridgehead atoms. The van der Waals surface area contributed by atoms with Gasteiger partial charge in [0.1, 0.15) is 0 Å². The van der Waals surface area contributed by atoms with E-state index in [2.05, 4.69) is 31.3 Å². The van der Waals surface area contributed by atoms with Gasteiger partial charge in [-0.05, 0) is 42.9 Å². The second-order valence-corrected chi connectivity index (χ2v) is 8.01. The van der Waals surface area contributed by atoms with Crippen molar-refractivity contribution in [2.24, 2.45) is 5.92 Å². The summed E-state index contributed by atoms with van der Waals surface area (Å²) in [4.78, 5) is 28.7. The SMILES string of the molecule is CC(C)Cc1ccc(C(=O)N2CCN(C(=O)NC3CCCC3)CC2)cc1. The molecule has 1 aliphatic carbocycles. The van der Waals surface area contributed by atoms with Gasteiger partial charge >= 0.3 is 6.03 Å². The third kappa shape index (κ3) is 4.77. The fourth-order valence-electron chi connectivity index (χ4n) is 3.89. The number of carbonyl (C=O) groups is 2. The standard InChI is InChI=1S/C21H31N3O2/c1-16(2)15-17-7-9-18(10-8-17)20(25)23-11-13-24(14-12-23)21(26)22-19-5-3-4-6-19/h7-10,16,19H,3-6,11-15H2,1-2H3,(H,22,26). The first kappa shape index (κ1) is 18.7. The molecule has 5 nitrogen and oxygen atoms in total. The van der Waals surface area contributed by atoms with Gasteiger partial charge in [-0.15, -0.1) is 0 Å². The Labute approximate surface area is 156 Å². The number of hydrogen-bond donors (Lipinski definition) is 1. The number of benzene rings is 1. The summed E-state index contributed by atoms with van der Waals surface area (Å²) in [7, 11) is 0. The van der Waals surface area contributed by atoms with Crippen LogP contribution in [0.25, 0.3) is 0 Å². The minimum Gasteiger partial charge on any atom is -0.335 e. The summed E-state index contributed by atoms with van der Waals surface area (Å²) in [5.41, 5.74) is 2.01. The number of rotatable bonds is 4. The minimum absolute atomic E-state index is 0.0297. The molecule has 2 fully saturated rings. The number of piperazine rings is 1. The van der Waals surface area contributed by atoms with Crippen LogP contribution in [0.1, 0.15) is 55.5 Å². The predicted molar refractivity (Wildman–Crippen MR) is 103 cm³/mol. The van der Waals surface area contributed by atoms with E-state index < -0.39 is 0 Å². The molecular weight excluding hydrogens is 326 g/mol. The third-order valence-corrected chi connectivity index (χ3v) is 5.38. The highest BCUT2D eigenvalue weighted by atomic mass is 16.2. The molecule has 3 rings (SSSR count). The summed E-state index contributed by atoms with van der Waals surface area (Å²) < 4.78 is 0. The summed E-state index contributed by atoms with van der Waals surface area (Å²) in [5.74, 6) is 0.678. The van der Waals surface area contributed by atoms with Crippen LogP contribution in [0.15, 0.2) is 24.3 Å². The van der Waals surface area contributed by atoms with Crippen molar-refractivity contribution in [2.45, 2.75) is 52.0 Å². The van der Waals surface area contributed by atoms with E-state index in [1.807, 2.05) is 21.9 Å². The first-order chi connectivity index (χ1) is 12.5. The summed E-state index contributed by atoms with van der Waals surface area (Å²) in [5, 5.41) is 3.13. The molecule has 1 aliphatic heterocycles. The highest BCUT2D eigenvalue weighted by Crippen LogP contribution is 2.18. The lowest BCUT2D eigenvalue weighted by molar-refractivity contribution is 0.0663. The predicted octanol–water partition coefficient (Wildman–Crippen LogP) is 3.30. The van der Waals surface area contributed by atoms with Crippen molar-refractivity contribution in [2.75, 3.05) is 26.2 Å². The average molecular weight is 357 g/mol. The highest BCUT2D eigenvalue weighted by molar-refractivity contribution is 5.94. The maximum absolute atomic E-state index is 12.7. The Bertz CT molecular complexity index is 613. The Morgan fingerprint density at radius 1 is 1.00 bits per heavy atom. The molecule has 1 saturated carbocycles. The molecule has 1 heterocycles. The second kappa shape index (κ2) is 8.56. The fraction of sp³-hybridized carbons (Fsp3) is 0.619. The van der Waals surface area contributed by atoms with Crippen LogP contribution in [-0.2, 0) is 6.42 Å². The largest absolute Gasteiger partial charge is 0.335 e. The molecule has 0 atom stereocenters. The molecule has 0 radical (unpaired) electrons. The van der Waals surface area contributed by atoms with Gasteiger partial charge in [-0.2, -0.15) is 0 Å². The van der Waals surface area contributed by atoms with Crippen molar-refractivity contribution >= 4 is 11.9 Å². The van der Waals surface area contributed by atoms with Crippen molar-refractivity contribution in [3.05, 3.63) is 35.4 Å². The molecule has 5 heteroatoms. The van der Waals surface area contributed by atoms with E-state index in [1.54, 1.807) is 0 Å². The van der Waals surface area contributed by atoms with Gasteiger partial charge in [-0.3, -0.25) is 4.79 Å². The number of amides is 3. The number of urea groups is 1. The summed E-state index contributed by atoms with van der Waals surface area (Å²) in [6.45, 7) is 6.81. The van der Waals surface area contributed by atoms with Crippen LogP contribution in [-0.4, -0.2) is 54.0 Å². The molecule has 0 spiro atoms. The molecule has 2 aliphatic rings. The lowest BCUT2D eigenvalue weighted by atomic mass is 10.0. The molecule has 1 N–H and O–H groups in total.